The van der Waals surface area contributed by atoms with Crippen LogP contribution in [0.25, 0.3) is 0 Å². The fourth-order valence-electron chi connectivity index (χ4n) is 2.05. The SMILES string of the molecule is O=C1NCC(N2CCCCC2)C(=O)N1. The molecule has 5 nitrogen and oxygen atoms in total. The van der Waals surface area contributed by atoms with Gasteiger partial charge in [0.25, 0.3) is 0 Å². The van der Waals surface area contributed by atoms with Crippen LogP contribution >= 0.6 is 0 Å². The van der Waals surface area contributed by atoms with Gasteiger partial charge in [-0.1, -0.05) is 6.42 Å². The van der Waals surface area contributed by atoms with E-state index in [1.165, 1.54) is 6.42 Å². The van der Waals surface area contributed by atoms with Crippen LogP contribution in [-0.4, -0.2) is 42.5 Å². The molecule has 2 heterocycles. The van der Waals surface area contributed by atoms with Crippen molar-refractivity contribution >= 4 is 11.9 Å². The molecule has 0 spiro atoms. The van der Waals surface area contributed by atoms with E-state index in [4.69, 9.17) is 0 Å². The highest BCUT2D eigenvalue weighted by Crippen LogP contribution is 2.12. The van der Waals surface area contributed by atoms with Crippen molar-refractivity contribution in [2.45, 2.75) is 25.3 Å². The Hall–Kier alpha value is -1.10. The van der Waals surface area contributed by atoms with Crippen molar-refractivity contribution < 1.29 is 9.59 Å². The number of nitrogens with zero attached hydrogens (tertiary/aromatic N) is 1. The van der Waals surface area contributed by atoms with Gasteiger partial charge >= 0.3 is 6.03 Å². The summed E-state index contributed by atoms with van der Waals surface area (Å²) < 4.78 is 0. The summed E-state index contributed by atoms with van der Waals surface area (Å²) in [6, 6.07) is -0.531. The van der Waals surface area contributed by atoms with Gasteiger partial charge in [0.1, 0.15) is 6.04 Å². The molecular weight excluding hydrogens is 182 g/mol. The molecule has 2 rings (SSSR count). The maximum absolute atomic E-state index is 11.5. The number of carbonyl (C=O) groups excluding carboxylic acids is 2. The van der Waals surface area contributed by atoms with Crippen molar-refractivity contribution in [2.75, 3.05) is 19.6 Å². The minimum Gasteiger partial charge on any atom is -0.336 e. The highest BCUT2D eigenvalue weighted by atomic mass is 16.2. The number of imide groups is 1. The number of hydrogen-bond donors (Lipinski definition) is 2. The first kappa shape index (κ1) is 9.45. The van der Waals surface area contributed by atoms with Crippen molar-refractivity contribution in [3.8, 4) is 0 Å². The maximum atomic E-state index is 11.5. The first-order chi connectivity index (χ1) is 6.77. The Morgan fingerprint density at radius 1 is 1.14 bits per heavy atom. The summed E-state index contributed by atoms with van der Waals surface area (Å²) in [6.45, 7) is 2.38. The lowest BCUT2D eigenvalue weighted by molar-refractivity contribution is -0.126. The summed E-state index contributed by atoms with van der Waals surface area (Å²) in [5, 5.41) is 4.94. The molecule has 2 aliphatic heterocycles. The Bertz CT molecular complexity index is 248. The molecule has 5 heteroatoms. The molecule has 0 aromatic carbocycles. The fraction of sp³-hybridized carbons (Fsp3) is 0.778. The summed E-state index contributed by atoms with van der Waals surface area (Å²) in [6.07, 6.45) is 3.55. The zero-order valence-electron chi connectivity index (χ0n) is 8.08. The van der Waals surface area contributed by atoms with Crippen LogP contribution in [0.4, 0.5) is 4.79 Å². The Kier molecular flexibility index (Phi) is 2.67. The molecule has 1 unspecified atom stereocenters. The minimum atomic E-state index is -0.372. The molecule has 78 valence electrons. The van der Waals surface area contributed by atoms with E-state index in [0.717, 1.165) is 25.9 Å². The molecule has 0 bridgehead atoms. The third-order valence-corrected chi connectivity index (χ3v) is 2.83. The van der Waals surface area contributed by atoms with E-state index >= 15 is 0 Å². The largest absolute Gasteiger partial charge is 0.336 e. The van der Waals surface area contributed by atoms with Crippen LogP contribution in [0.2, 0.25) is 0 Å². The first-order valence-corrected chi connectivity index (χ1v) is 5.10. The maximum Gasteiger partial charge on any atom is 0.321 e. The molecule has 2 aliphatic rings. The number of urea groups is 1. The number of nitrogens with one attached hydrogen (secondary N) is 2. The highest BCUT2D eigenvalue weighted by molar-refractivity contribution is 5.99. The topological polar surface area (TPSA) is 61.4 Å². The van der Waals surface area contributed by atoms with Gasteiger partial charge in [0, 0.05) is 6.54 Å². The van der Waals surface area contributed by atoms with Crippen LogP contribution in [0.15, 0.2) is 0 Å². The summed E-state index contributed by atoms with van der Waals surface area (Å²) in [5.74, 6) is -0.157. The van der Waals surface area contributed by atoms with Gasteiger partial charge < -0.3 is 5.32 Å². The predicted octanol–water partition coefficient (Wildman–Crippen LogP) is -0.320. The molecule has 3 amide bonds. The number of carbonyl (C=O) groups is 2. The first-order valence-electron chi connectivity index (χ1n) is 5.10. The molecule has 2 saturated heterocycles. The van der Waals surface area contributed by atoms with Crippen molar-refractivity contribution in [1.29, 1.82) is 0 Å². The molecule has 0 aromatic heterocycles. The average Bonchev–Trinajstić information content (AvgIpc) is 2.19. The monoisotopic (exact) mass is 197 g/mol. The van der Waals surface area contributed by atoms with Crippen LogP contribution < -0.4 is 10.6 Å². The second-order valence-electron chi connectivity index (χ2n) is 3.81. The van der Waals surface area contributed by atoms with Crippen molar-refractivity contribution in [1.82, 2.24) is 15.5 Å². The van der Waals surface area contributed by atoms with Gasteiger partial charge in [-0.25, -0.2) is 4.79 Å². The molecule has 14 heavy (non-hydrogen) atoms. The van der Waals surface area contributed by atoms with Gasteiger partial charge in [-0.05, 0) is 25.9 Å². The lowest BCUT2D eigenvalue weighted by Crippen LogP contribution is -2.61. The summed E-state index contributed by atoms with van der Waals surface area (Å²) in [4.78, 5) is 24.5. The number of amides is 3. The predicted molar refractivity (Wildman–Crippen MR) is 50.8 cm³/mol. The van der Waals surface area contributed by atoms with Crippen LogP contribution in [0.3, 0.4) is 0 Å². The number of piperidine rings is 1. The molecule has 1 atom stereocenters. The quantitative estimate of drug-likeness (QED) is 0.605. The van der Waals surface area contributed by atoms with E-state index in [0.29, 0.717) is 6.54 Å². The number of likely N-dealkylation sites (tertiary alicyclic amines) is 1. The molecule has 0 radical (unpaired) electrons. The molecule has 2 fully saturated rings. The zero-order chi connectivity index (χ0) is 9.97. The smallest absolute Gasteiger partial charge is 0.321 e. The Balaban J connectivity index is 1.95. The van der Waals surface area contributed by atoms with E-state index in [2.05, 4.69) is 15.5 Å². The zero-order valence-corrected chi connectivity index (χ0v) is 8.08. The van der Waals surface area contributed by atoms with Gasteiger partial charge in [0.15, 0.2) is 0 Å². The van der Waals surface area contributed by atoms with Crippen molar-refractivity contribution in [3.63, 3.8) is 0 Å². The number of hydrogen-bond acceptors (Lipinski definition) is 3. The molecule has 0 saturated carbocycles. The average molecular weight is 197 g/mol. The minimum absolute atomic E-state index is 0.157. The second kappa shape index (κ2) is 3.96. The number of rotatable bonds is 1. The van der Waals surface area contributed by atoms with Crippen molar-refractivity contribution in [3.05, 3.63) is 0 Å². The van der Waals surface area contributed by atoms with Gasteiger partial charge in [-0.3, -0.25) is 15.0 Å². The normalized spacial score (nSPS) is 29.6. The van der Waals surface area contributed by atoms with E-state index in [9.17, 15) is 9.59 Å². The van der Waals surface area contributed by atoms with Crippen LogP contribution in [-0.2, 0) is 4.79 Å². The second-order valence-corrected chi connectivity index (χ2v) is 3.81. The van der Waals surface area contributed by atoms with Crippen LogP contribution in [0, 0.1) is 0 Å². The van der Waals surface area contributed by atoms with Gasteiger partial charge in [0.2, 0.25) is 5.91 Å². The van der Waals surface area contributed by atoms with E-state index < -0.39 is 0 Å². The summed E-state index contributed by atoms with van der Waals surface area (Å²) in [5.41, 5.74) is 0. The Labute approximate surface area is 82.8 Å². The third-order valence-electron chi connectivity index (χ3n) is 2.83. The van der Waals surface area contributed by atoms with E-state index in [1.807, 2.05) is 0 Å². The third kappa shape index (κ3) is 1.87. The Morgan fingerprint density at radius 2 is 1.86 bits per heavy atom. The molecular formula is C9H15N3O2. The van der Waals surface area contributed by atoms with E-state index in [-0.39, 0.29) is 18.0 Å². The fourth-order valence-corrected chi connectivity index (χ4v) is 2.05. The lowest BCUT2D eigenvalue weighted by Gasteiger charge is -2.35. The van der Waals surface area contributed by atoms with Gasteiger partial charge in [0.05, 0.1) is 0 Å². The van der Waals surface area contributed by atoms with Crippen LogP contribution in [0.1, 0.15) is 19.3 Å². The van der Waals surface area contributed by atoms with E-state index in [1.54, 1.807) is 0 Å². The molecule has 2 N–H and O–H groups in total. The lowest BCUT2D eigenvalue weighted by atomic mass is 10.1. The van der Waals surface area contributed by atoms with Crippen molar-refractivity contribution in [2.24, 2.45) is 0 Å². The molecule has 0 aliphatic carbocycles. The summed E-state index contributed by atoms with van der Waals surface area (Å²) in [7, 11) is 0. The summed E-state index contributed by atoms with van der Waals surface area (Å²) >= 11 is 0. The standard InChI is InChI=1S/C9H15N3O2/c13-8-7(6-10-9(14)11-8)12-4-2-1-3-5-12/h7H,1-6H2,(H2,10,11,13,14). The van der Waals surface area contributed by atoms with Crippen LogP contribution in [0.5, 0.6) is 0 Å². The highest BCUT2D eigenvalue weighted by Gasteiger charge is 2.31. The Morgan fingerprint density at radius 3 is 2.50 bits per heavy atom. The van der Waals surface area contributed by atoms with Gasteiger partial charge in [-0.2, -0.15) is 0 Å². The molecule has 0 aromatic rings. The van der Waals surface area contributed by atoms with Gasteiger partial charge in [-0.15, -0.1) is 0 Å².